The first-order valence-corrected chi connectivity index (χ1v) is 3.98. The van der Waals surface area contributed by atoms with E-state index in [1.807, 2.05) is 0 Å². The summed E-state index contributed by atoms with van der Waals surface area (Å²) in [5, 5.41) is 0. The van der Waals surface area contributed by atoms with Crippen LogP contribution < -0.4 is 0 Å². The van der Waals surface area contributed by atoms with Gasteiger partial charge in [0.25, 0.3) is 0 Å². The molecule has 0 spiro atoms. The maximum absolute atomic E-state index is 5.64. The van der Waals surface area contributed by atoms with E-state index in [9.17, 15) is 0 Å². The topological polar surface area (TPSA) is 9.23 Å². The quantitative estimate of drug-likeness (QED) is 0.526. The highest BCUT2D eigenvalue weighted by atomic mass is 16.5. The van der Waals surface area contributed by atoms with Crippen molar-refractivity contribution in [2.24, 2.45) is 0 Å². The van der Waals surface area contributed by atoms with Gasteiger partial charge in [0.2, 0.25) is 0 Å². The van der Waals surface area contributed by atoms with Crippen LogP contribution in [-0.2, 0) is 4.74 Å². The summed E-state index contributed by atoms with van der Waals surface area (Å²) < 4.78 is 5.64. The first kappa shape index (κ1) is 7.07. The lowest BCUT2D eigenvalue weighted by molar-refractivity contribution is -0.0407. The zero-order chi connectivity index (χ0) is 6.69. The summed E-state index contributed by atoms with van der Waals surface area (Å²) in [5.41, 5.74) is 0. The standard InChI is InChI=1S/C8H16O/c1-3-8-6-4-5-7(2)9-8/h7-8H,3-6H2,1-2H3/t7-,8+/m1/s1. The summed E-state index contributed by atoms with van der Waals surface area (Å²) in [5.74, 6) is 0. The molecule has 1 rings (SSSR count). The summed E-state index contributed by atoms with van der Waals surface area (Å²) in [7, 11) is 0. The Morgan fingerprint density at radius 2 is 2.22 bits per heavy atom. The van der Waals surface area contributed by atoms with Crippen molar-refractivity contribution in [3.05, 3.63) is 0 Å². The highest BCUT2D eigenvalue weighted by molar-refractivity contribution is 4.65. The highest BCUT2D eigenvalue weighted by Crippen LogP contribution is 2.19. The monoisotopic (exact) mass is 128 g/mol. The van der Waals surface area contributed by atoms with E-state index in [2.05, 4.69) is 13.8 Å². The van der Waals surface area contributed by atoms with Crippen LogP contribution in [0.2, 0.25) is 0 Å². The van der Waals surface area contributed by atoms with Gasteiger partial charge in [0.05, 0.1) is 12.2 Å². The third-order valence-electron chi connectivity index (χ3n) is 2.02. The Bertz CT molecular complexity index is 80.6. The van der Waals surface area contributed by atoms with E-state index in [1.165, 1.54) is 25.7 Å². The number of ether oxygens (including phenoxy) is 1. The van der Waals surface area contributed by atoms with Gasteiger partial charge in [-0.3, -0.25) is 0 Å². The average molecular weight is 128 g/mol. The van der Waals surface area contributed by atoms with Crippen LogP contribution in [0.3, 0.4) is 0 Å². The smallest absolute Gasteiger partial charge is 0.0576 e. The fourth-order valence-corrected chi connectivity index (χ4v) is 1.40. The molecule has 1 aliphatic heterocycles. The van der Waals surface area contributed by atoms with Crippen molar-refractivity contribution < 1.29 is 4.74 Å². The second-order valence-corrected chi connectivity index (χ2v) is 2.91. The Hall–Kier alpha value is -0.0400. The van der Waals surface area contributed by atoms with Crippen molar-refractivity contribution >= 4 is 0 Å². The lowest BCUT2D eigenvalue weighted by Crippen LogP contribution is -2.24. The Morgan fingerprint density at radius 3 is 2.67 bits per heavy atom. The van der Waals surface area contributed by atoms with Gasteiger partial charge in [-0.15, -0.1) is 0 Å². The predicted octanol–water partition coefficient (Wildman–Crippen LogP) is 2.35. The first-order valence-electron chi connectivity index (χ1n) is 3.98. The molecule has 0 radical (unpaired) electrons. The molecular formula is C8H16O. The van der Waals surface area contributed by atoms with E-state index in [-0.39, 0.29) is 0 Å². The lowest BCUT2D eigenvalue weighted by atomic mass is 10.0. The van der Waals surface area contributed by atoms with Gasteiger partial charge in [-0.2, -0.15) is 0 Å². The minimum absolute atomic E-state index is 0.517. The van der Waals surface area contributed by atoms with Crippen LogP contribution in [0.4, 0.5) is 0 Å². The molecule has 1 aliphatic rings. The third-order valence-corrected chi connectivity index (χ3v) is 2.02. The molecule has 0 aromatic carbocycles. The van der Waals surface area contributed by atoms with Crippen LogP contribution in [0.25, 0.3) is 0 Å². The fourth-order valence-electron chi connectivity index (χ4n) is 1.40. The summed E-state index contributed by atoms with van der Waals surface area (Å²) >= 11 is 0. The van der Waals surface area contributed by atoms with Crippen LogP contribution in [-0.4, -0.2) is 12.2 Å². The van der Waals surface area contributed by atoms with Gasteiger partial charge in [0.1, 0.15) is 0 Å². The van der Waals surface area contributed by atoms with Crippen LogP contribution in [0.15, 0.2) is 0 Å². The van der Waals surface area contributed by atoms with Gasteiger partial charge in [-0.25, -0.2) is 0 Å². The van der Waals surface area contributed by atoms with Crippen molar-refractivity contribution in [1.29, 1.82) is 0 Å². The van der Waals surface area contributed by atoms with Gasteiger partial charge >= 0.3 is 0 Å². The molecule has 0 aromatic rings. The van der Waals surface area contributed by atoms with E-state index in [4.69, 9.17) is 4.74 Å². The zero-order valence-corrected chi connectivity index (χ0v) is 6.39. The molecular weight excluding hydrogens is 112 g/mol. The van der Waals surface area contributed by atoms with Crippen molar-refractivity contribution in [2.75, 3.05) is 0 Å². The number of hydrogen-bond donors (Lipinski definition) is 0. The normalized spacial score (nSPS) is 36.7. The van der Waals surface area contributed by atoms with Gasteiger partial charge in [0, 0.05) is 0 Å². The molecule has 1 heteroatoms. The van der Waals surface area contributed by atoms with Gasteiger partial charge < -0.3 is 4.74 Å². The molecule has 0 N–H and O–H groups in total. The summed E-state index contributed by atoms with van der Waals surface area (Å²) in [6, 6.07) is 0. The van der Waals surface area contributed by atoms with E-state index in [0.29, 0.717) is 12.2 Å². The van der Waals surface area contributed by atoms with Crippen molar-refractivity contribution in [3.63, 3.8) is 0 Å². The van der Waals surface area contributed by atoms with E-state index < -0.39 is 0 Å². The van der Waals surface area contributed by atoms with E-state index in [1.54, 1.807) is 0 Å². The second-order valence-electron chi connectivity index (χ2n) is 2.91. The zero-order valence-electron chi connectivity index (χ0n) is 6.39. The molecule has 1 nitrogen and oxygen atoms in total. The minimum Gasteiger partial charge on any atom is -0.375 e. The Labute approximate surface area is 57.4 Å². The van der Waals surface area contributed by atoms with Crippen molar-refractivity contribution in [1.82, 2.24) is 0 Å². The summed E-state index contributed by atoms with van der Waals surface area (Å²) in [6.45, 7) is 4.37. The fraction of sp³-hybridized carbons (Fsp3) is 1.00. The van der Waals surface area contributed by atoms with Crippen LogP contribution in [0.1, 0.15) is 39.5 Å². The maximum Gasteiger partial charge on any atom is 0.0576 e. The first-order chi connectivity index (χ1) is 4.33. The average Bonchev–Trinajstić information content (AvgIpc) is 1.88. The molecule has 1 heterocycles. The van der Waals surface area contributed by atoms with E-state index >= 15 is 0 Å². The summed E-state index contributed by atoms with van der Waals surface area (Å²) in [4.78, 5) is 0. The Kier molecular flexibility index (Phi) is 2.52. The predicted molar refractivity (Wildman–Crippen MR) is 38.5 cm³/mol. The van der Waals surface area contributed by atoms with Crippen molar-refractivity contribution in [2.45, 2.75) is 51.7 Å². The summed E-state index contributed by atoms with van der Waals surface area (Å²) in [6.07, 6.45) is 6.17. The second kappa shape index (κ2) is 3.21. The molecule has 0 bridgehead atoms. The molecule has 0 saturated carbocycles. The molecule has 1 saturated heterocycles. The van der Waals surface area contributed by atoms with Crippen LogP contribution in [0, 0.1) is 0 Å². The minimum atomic E-state index is 0.517. The third kappa shape index (κ3) is 1.98. The molecule has 9 heavy (non-hydrogen) atoms. The molecule has 1 fully saturated rings. The number of hydrogen-bond acceptors (Lipinski definition) is 1. The molecule has 2 atom stereocenters. The van der Waals surface area contributed by atoms with Crippen LogP contribution >= 0.6 is 0 Å². The highest BCUT2D eigenvalue weighted by Gasteiger charge is 2.16. The largest absolute Gasteiger partial charge is 0.375 e. The van der Waals surface area contributed by atoms with Gasteiger partial charge in [-0.1, -0.05) is 6.92 Å². The number of rotatable bonds is 1. The van der Waals surface area contributed by atoms with Crippen molar-refractivity contribution in [3.8, 4) is 0 Å². The lowest BCUT2D eigenvalue weighted by Gasteiger charge is -2.26. The maximum atomic E-state index is 5.64. The molecule has 0 aromatic heterocycles. The van der Waals surface area contributed by atoms with Gasteiger partial charge in [-0.05, 0) is 32.6 Å². The van der Waals surface area contributed by atoms with Gasteiger partial charge in [0.15, 0.2) is 0 Å². The molecule has 0 amide bonds. The Balaban J connectivity index is 2.23. The SMILES string of the molecule is CC[C@H]1CCC[C@@H](C)O1. The molecule has 0 unspecified atom stereocenters. The molecule has 54 valence electrons. The Morgan fingerprint density at radius 1 is 1.44 bits per heavy atom. The van der Waals surface area contributed by atoms with E-state index in [0.717, 1.165) is 0 Å². The molecule has 0 aliphatic carbocycles. The van der Waals surface area contributed by atoms with Crippen LogP contribution in [0.5, 0.6) is 0 Å².